The maximum atomic E-state index is 13.8. The van der Waals surface area contributed by atoms with E-state index in [1.54, 1.807) is 17.8 Å². The van der Waals surface area contributed by atoms with Gasteiger partial charge in [-0.3, -0.25) is 0 Å². The predicted octanol–water partition coefficient (Wildman–Crippen LogP) is 5.89. The number of halogens is 3. The Hall–Kier alpha value is -0.710. The average Bonchev–Trinajstić information content (AvgIpc) is 2.44. The Morgan fingerprint density at radius 2 is 2.15 bits per heavy atom. The monoisotopic (exact) mass is 371 g/mol. The van der Waals surface area contributed by atoms with Crippen LogP contribution in [0.25, 0.3) is 0 Å². The molecule has 1 aliphatic rings. The molecule has 1 atom stereocenters. The minimum atomic E-state index is -0.135. The standard InChI is InChI=1S/C15H12BrClFNS/c16-11-5-4-9(17)8-14(11)19-13-6-7-20-15-10(13)2-1-3-12(15)18/h1-5,8,13,19H,6-7H2. The summed E-state index contributed by atoms with van der Waals surface area (Å²) in [6.45, 7) is 0. The summed E-state index contributed by atoms with van der Waals surface area (Å²) in [5, 5.41) is 4.14. The first kappa shape index (κ1) is 14.2. The highest BCUT2D eigenvalue weighted by atomic mass is 79.9. The molecule has 0 saturated carbocycles. The summed E-state index contributed by atoms with van der Waals surface area (Å²) in [4.78, 5) is 0.759. The lowest BCUT2D eigenvalue weighted by Gasteiger charge is -2.27. The Morgan fingerprint density at radius 1 is 1.30 bits per heavy atom. The van der Waals surface area contributed by atoms with Gasteiger partial charge in [0.05, 0.1) is 11.7 Å². The first-order chi connectivity index (χ1) is 9.65. The zero-order valence-electron chi connectivity index (χ0n) is 10.5. The topological polar surface area (TPSA) is 12.0 Å². The predicted molar refractivity (Wildman–Crippen MR) is 87.3 cm³/mol. The lowest BCUT2D eigenvalue weighted by Crippen LogP contribution is -2.17. The van der Waals surface area contributed by atoms with Gasteiger partial charge >= 0.3 is 0 Å². The molecule has 20 heavy (non-hydrogen) atoms. The van der Waals surface area contributed by atoms with Gasteiger partial charge in [-0.15, -0.1) is 11.8 Å². The van der Waals surface area contributed by atoms with Crippen LogP contribution in [0.5, 0.6) is 0 Å². The third kappa shape index (κ3) is 2.83. The Kier molecular flexibility index (Phi) is 4.24. The number of fused-ring (bicyclic) bond motifs is 1. The van der Waals surface area contributed by atoms with E-state index in [0.717, 1.165) is 32.8 Å². The minimum Gasteiger partial charge on any atom is -0.377 e. The molecule has 0 radical (unpaired) electrons. The Labute approximate surface area is 135 Å². The number of nitrogens with one attached hydrogen (secondary N) is 1. The van der Waals surface area contributed by atoms with E-state index in [2.05, 4.69) is 21.2 Å². The zero-order valence-corrected chi connectivity index (χ0v) is 13.7. The summed E-state index contributed by atoms with van der Waals surface area (Å²) >= 11 is 11.1. The van der Waals surface area contributed by atoms with Gasteiger partial charge in [0.25, 0.3) is 0 Å². The van der Waals surface area contributed by atoms with Crippen LogP contribution in [-0.2, 0) is 0 Å². The van der Waals surface area contributed by atoms with Crippen LogP contribution in [0.2, 0.25) is 5.02 Å². The molecule has 0 aliphatic carbocycles. The first-order valence-corrected chi connectivity index (χ1v) is 8.43. The van der Waals surface area contributed by atoms with Crippen molar-refractivity contribution in [1.29, 1.82) is 0 Å². The van der Waals surface area contributed by atoms with Gasteiger partial charge in [-0.25, -0.2) is 4.39 Å². The highest BCUT2D eigenvalue weighted by Gasteiger charge is 2.23. The van der Waals surface area contributed by atoms with E-state index in [1.165, 1.54) is 6.07 Å². The van der Waals surface area contributed by atoms with Gasteiger partial charge in [0.15, 0.2) is 0 Å². The summed E-state index contributed by atoms with van der Waals surface area (Å²) < 4.78 is 14.8. The molecule has 0 fully saturated rings. The fourth-order valence-corrected chi connectivity index (χ4v) is 4.01. The molecule has 0 aromatic heterocycles. The molecule has 2 aromatic carbocycles. The van der Waals surface area contributed by atoms with E-state index < -0.39 is 0 Å². The van der Waals surface area contributed by atoms with Crippen molar-refractivity contribution in [3.63, 3.8) is 0 Å². The SMILES string of the molecule is Fc1cccc2c1SCCC2Nc1cc(Cl)ccc1Br. The summed E-state index contributed by atoms with van der Waals surface area (Å²) in [6.07, 6.45) is 0.958. The summed E-state index contributed by atoms with van der Waals surface area (Å²) in [7, 11) is 0. The number of hydrogen-bond acceptors (Lipinski definition) is 2. The van der Waals surface area contributed by atoms with Crippen molar-refractivity contribution >= 4 is 45.0 Å². The second-order valence-electron chi connectivity index (χ2n) is 4.62. The van der Waals surface area contributed by atoms with Gasteiger partial charge in [-0.05, 0) is 52.2 Å². The van der Waals surface area contributed by atoms with Crippen LogP contribution in [0.1, 0.15) is 18.0 Å². The van der Waals surface area contributed by atoms with E-state index in [4.69, 9.17) is 11.6 Å². The lowest BCUT2D eigenvalue weighted by atomic mass is 10.0. The fourth-order valence-electron chi connectivity index (χ4n) is 2.33. The van der Waals surface area contributed by atoms with E-state index in [1.807, 2.05) is 24.3 Å². The third-order valence-corrected chi connectivity index (χ3v) is 5.37. The molecule has 1 N–H and O–H groups in total. The minimum absolute atomic E-state index is 0.108. The molecule has 0 amide bonds. The molecule has 1 nitrogen and oxygen atoms in total. The van der Waals surface area contributed by atoms with E-state index in [-0.39, 0.29) is 11.9 Å². The van der Waals surface area contributed by atoms with E-state index in [0.29, 0.717) is 5.02 Å². The van der Waals surface area contributed by atoms with Gasteiger partial charge in [-0.1, -0.05) is 23.7 Å². The van der Waals surface area contributed by atoms with E-state index >= 15 is 0 Å². The summed E-state index contributed by atoms with van der Waals surface area (Å²) in [5.41, 5.74) is 1.96. The van der Waals surface area contributed by atoms with Gasteiger partial charge < -0.3 is 5.32 Å². The van der Waals surface area contributed by atoms with Crippen molar-refractivity contribution in [2.75, 3.05) is 11.1 Å². The maximum absolute atomic E-state index is 13.8. The van der Waals surface area contributed by atoms with Crippen LogP contribution in [0, 0.1) is 5.82 Å². The molecule has 0 bridgehead atoms. The first-order valence-electron chi connectivity index (χ1n) is 6.28. The largest absolute Gasteiger partial charge is 0.377 e. The summed E-state index contributed by atoms with van der Waals surface area (Å²) in [6, 6.07) is 11.0. The van der Waals surface area contributed by atoms with Gasteiger partial charge in [0.1, 0.15) is 5.82 Å². The number of hydrogen-bond donors (Lipinski definition) is 1. The third-order valence-electron chi connectivity index (χ3n) is 3.28. The van der Waals surface area contributed by atoms with Crippen molar-refractivity contribution in [3.8, 4) is 0 Å². The van der Waals surface area contributed by atoms with Gasteiger partial charge in [0, 0.05) is 20.1 Å². The fraction of sp³-hybridized carbons (Fsp3) is 0.200. The zero-order chi connectivity index (χ0) is 14.1. The van der Waals surface area contributed by atoms with Crippen molar-refractivity contribution in [2.45, 2.75) is 17.4 Å². The van der Waals surface area contributed by atoms with Crippen LogP contribution >= 0.6 is 39.3 Å². The molecule has 1 aliphatic heterocycles. The quantitative estimate of drug-likeness (QED) is 0.705. The number of thioether (sulfide) groups is 1. The molecule has 2 aromatic rings. The van der Waals surface area contributed by atoms with Crippen molar-refractivity contribution in [2.24, 2.45) is 0 Å². The molecule has 1 unspecified atom stereocenters. The van der Waals surface area contributed by atoms with Gasteiger partial charge in [0.2, 0.25) is 0 Å². The second-order valence-corrected chi connectivity index (χ2v) is 7.01. The van der Waals surface area contributed by atoms with Crippen molar-refractivity contribution in [3.05, 3.63) is 57.3 Å². The molecule has 1 heterocycles. The Balaban J connectivity index is 1.94. The smallest absolute Gasteiger partial charge is 0.137 e. The molecule has 3 rings (SSSR count). The molecule has 0 spiro atoms. The highest BCUT2D eigenvalue weighted by Crippen LogP contribution is 2.40. The van der Waals surface area contributed by atoms with Crippen molar-refractivity contribution in [1.82, 2.24) is 0 Å². The molecule has 104 valence electrons. The van der Waals surface area contributed by atoms with Crippen LogP contribution in [-0.4, -0.2) is 5.75 Å². The van der Waals surface area contributed by atoms with Crippen LogP contribution in [0.3, 0.4) is 0 Å². The number of anilines is 1. The van der Waals surface area contributed by atoms with Crippen LogP contribution < -0.4 is 5.32 Å². The van der Waals surface area contributed by atoms with Crippen molar-refractivity contribution < 1.29 is 4.39 Å². The molecular formula is C15H12BrClFNS. The molecule has 5 heteroatoms. The Bertz CT molecular complexity index is 650. The lowest BCUT2D eigenvalue weighted by molar-refractivity contribution is 0.585. The van der Waals surface area contributed by atoms with Gasteiger partial charge in [-0.2, -0.15) is 0 Å². The normalized spacial score (nSPS) is 17.6. The average molecular weight is 373 g/mol. The maximum Gasteiger partial charge on any atom is 0.137 e. The van der Waals surface area contributed by atoms with Crippen LogP contribution in [0.4, 0.5) is 10.1 Å². The number of benzene rings is 2. The van der Waals surface area contributed by atoms with Crippen LogP contribution in [0.15, 0.2) is 45.8 Å². The second kappa shape index (κ2) is 5.96. The highest BCUT2D eigenvalue weighted by molar-refractivity contribution is 9.10. The number of rotatable bonds is 2. The Morgan fingerprint density at radius 3 is 3.00 bits per heavy atom. The molecule has 0 saturated heterocycles. The molecular weight excluding hydrogens is 361 g/mol. The van der Waals surface area contributed by atoms with E-state index in [9.17, 15) is 4.39 Å². The summed E-state index contributed by atoms with van der Waals surface area (Å²) in [5.74, 6) is 0.771.